The smallest absolute Gasteiger partial charge is 0.123 e. The molecule has 3 heteroatoms. The number of rotatable bonds is 3. The summed E-state index contributed by atoms with van der Waals surface area (Å²) in [4.78, 5) is 2.54. The molecule has 0 aromatic heterocycles. The minimum Gasteiger partial charge on any atom is -0.400 e. The van der Waals surface area contributed by atoms with Crippen molar-refractivity contribution in [2.24, 2.45) is 5.92 Å². The monoisotopic (exact) mass is 297 g/mol. The van der Waals surface area contributed by atoms with E-state index in [1.807, 2.05) is 12.1 Å². The molecule has 21 heavy (non-hydrogen) atoms. The Kier molecular flexibility index (Phi) is 11.2. The van der Waals surface area contributed by atoms with E-state index in [9.17, 15) is 4.39 Å². The summed E-state index contributed by atoms with van der Waals surface area (Å²) in [7, 11) is 1.00. The Morgan fingerprint density at radius 2 is 1.67 bits per heavy atom. The molecule has 2 rings (SSSR count). The Labute approximate surface area is 130 Å². The Morgan fingerprint density at radius 1 is 1.14 bits per heavy atom. The van der Waals surface area contributed by atoms with Crippen molar-refractivity contribution in [2.45, 2.75) is 53.0 Å². The van der Waals surface area contributed by atoms with Gasteiger partial charge in [-0.2, -0.15) is 0 Å². The molecule has 122 valence electrons. The lowest BCUT2D eigenvalue weighted by Crippen LogP contribution is -2.31. The standard InChI is InChI=1S/C14H20FN.C3H8.CH4O/c1-11-7-9-16(12(11)2)10-8-13-3-5-14(15)6-4-13;1-3-2;1-2/h3-6,11-12H,7-10H2,1-2H3;3H2,1-2H3;2H,1H3/t11?,12-;;/m0../s1. The van der Waals surface area contributed by atoms with Gasteiger partial charge in [0.2, 0.25) is 0 Å². The molecule has 1 aliphatic rings. The molecule has 1 unspecified atom stereocenters. The van der Waals surface area contributed by atoms with Crippen LogP contribution < -0.4 is 0 Å². The molecule has 0 spiro atoms. The van der Waals surface area contributed by atoms with Crippen molar-refractivity contribution in [3.8, 4) is 0 Å². The molecule has 1 N–H and O–H groups in total. The van der Waals surface area contributed by atoms with Gasteiger partial charge in [0.25, 0.3) is 0 Å². The molecule has 1 fully saturated rings. The van der Waals surface area contributed by atoms with E-state index < -0.39 is 0 Å². The van der Waals surface area contributed by atoms with Crippen molar-refractivity contribution < 1.29 is 9.50 Å². The molecule has 0 bridgehead atoms. The first-order chi connectivity index (χ1) is 10.1. The average Bonchev–Trinajstić information content (AvgIpc) is 2.81. The van der Waals surface area contributed by atoms with Crippen molar-refractivity contribution in [2.75, 3.05) is 20.2 Å². The first kappa shape index (κ1) is 20.1. The number of likely N-dealkylation sites (tertiary alicyclic amines) is 1. The summed E-state index contributed by atoms with van der Waals surface area (Å²) < 4.78 is 12.7. The third-order valence-electron chi connectivity index (χ3n) is 3.87. The van der Waals surface area contributed by atoms with Gasteiger partial charge in [0.15, 0.2) is 0 Å². The second-order valence-electron chi connectivity index (χ2n) is 5.63. The summed E-state index contributed by atoms with van der Waals surface area (Å²) in [6.45, 7) is 11.2. The Hall–Kier alpha value is -0.930. The van der Waals surface area contributed by atoms with E-state index in [1.54, 1.807) is 12.1 Å². The number of hydrogen-bond donors (Lipinski definition) is 1. The zero-order chi connectivity index (χ0) is 16.3. The van der Waals surface area contributed by atoms with E-state index in [0.717, 1.165) is 26.0 Å². The molecule has 0 saturated carbocycles. The lowest BCUT2D eigenvalue weighted by molar-refractivity contribution is 0.250. The zero-order valence-electron chi connectivity index (χ0n) is 14.3. The maximum Gasteiger partial charge on any atom is 0.123 e. The van der Waals surface area contributed by atoms with E-state index >= 15 is 0 Å². The van der Waals surface area contributed by atoms with Crippen molar-refractivity contribution in [1.82, 2.24) is 4.90 Å². The van der Waals surface area contributed by atoms with Crippen LogP contribution in [0.15, 0.2) is 24.3 Å². The SMILES string of the molecule is CC1CCN(CCc2ccc(F)cc2)[C@H]1C.CCC.CO. The highest BCUT2D eigenvalue weighted by Gasteiger charge is 2.26. The number of halogens is 1. The quantitative estimate of drug-likeness (QED) is 0.907. The minimum absolute atomic E-state index is 0.146. The van der Waals surface area contributed by atoms with Crippen LogP contribution in [-0.4, -0.2) is 36.2 Å². The van der Waals surface area contributed by atoms with Crippen LogP contribution in [0.5, 0.6) is 0 Å². The first-order valence-electron chi connectivity index (χ1n) is 8.01. The van der Waals surface area contributed by atoms with E-state index in [1.165, 1.54) is 24.9 Å². The fourth-order valence-electron chi connectivity index (χ4n) is 2.41. The van der Waals surface area contributed by atoms with Gasteiger partial charge in [0.05, 0.1) is 0 Å². The Morgan fingerprint density at radius 3 is 2.10 bits per heavy atom. The van der Waals surface area contributed by atoms with Crippen LogP contribution in [0.1, 0.15) is 46.1 Å². The van der Waals surface area contributed by atoms with Crippen LogP contribution in [-0.2, 0) is 6.42 Å². The molecule has 1 heterocycles. The fraction of sp³-hybridized carbons (Fsp3) is 0.667. The molecule has 1 aromatic rings. The lowest BCUT2D eigenvalue weighted by atomic mass is 10.1. The first-order valence-corrected chi connectivity index (χ1v) is 8.01. The Balaban J connectivity index is 0.000000713. The summed E-state index contributed by atoms with van der Waals surface area (Å²) in [5.74, 6) is 0.667. The predicted molar refractivity (Wildman–Crippen MR) is 89.0 cm³/mol. The fourth-order valence-corrected chi connectivity index (χ4v) is 2.41. The van der Waals surface area contributed by atoms with E-state index in [-0.39, 0.29) is 5.82 Å². The maximum absolute atomic E-state index is 12.7. The van der Waals surface area contributed by atoms with Crippen LogP contribution >= 0.6 is 0 Å². The summed E-state index contributed by atoms with van der Waals surface area (Å²) in [5.41, 5.74) is 1.23. The van der Waals surface area contributed by atoms with Crippen LogP contribution in [0.2, 0.25) is 0 Å². The zero-order valence-corrected chi connectivity index (χ0v) is 14.3. The molecule has 0 aliphatic carbocycles. The van der Waals surface area contributed by atoms with Crippen molar-refractivity contribution in [3.05, 3.63) is 35.6 Å². The summed E-state index contributed by atoms with van der Waals surface area (Å²) in [5, 5.41) is 7.00. The molecule has 1 aliphatic heterocycles. The van der Waals surface area contributed by atoms with Crippen molar-refractivity contribution in [1.29, 1.82) is 0 Å². The van der Waals surface area contributed by atoms with Crippen molar-refractivity contribution >= 4 is 0 Å². The largest absolute Gasteiger partial charge is 0.400 e. The summed E-state index contributed by atoms with van der Waals surface area (Å²) in [6.07, 6.45) is 3.59. The molecule has 0 radical (unpaired) electrons. The van der Waals surface area contributed by atoms with Gasteiger partial charge >= 0.3 is 0 Å². The second kappa shape index (κ2) is 11.7. The molecule has 2 atom stereocenters. The maximum atomic E-state index is 12.7. The average molecular weight is 297 g/mol. The Bertz CT molecular complexity index is 353. The lowest BCUT2D eigenvalue weighted by Gasteiger charge is -2.22. The number of hydrogen-bond acceptors (Lipinski definition) is 2. The van der Waals surface area contributed by atoms with Crippen LogP contribution in [0, 0.1) is 11.7 Å². The number of aliphatic hydroxyl groups is 1. The molecule has 1 aromatic carbocycles. The minimum atomic E-state index is -0.146. The summed E-state index contributed by atoms with van der Waals surface area (Å²) >= 11 is 0. The van der Waals surface area contributed by atoms with E-state index in [0.29, 0.717) is 6.04 Å². The van der Waals surface area contributed by atoms with Gasteiger partial charge < -0.3 is 10.0 Å². The van der Waals surface area contributed by atoms with Gasteiger partial charge in [-0.1, -0.05) is 39.3 Å². The summed E-state index contributed by atoms with van der Waals surface area (Å²) in [6, 6.07) is 7.57. The highest BCUT2D eigenvalue weighted by Crippen LogP contribution is 2.23. The van der Waals surface area contributed by atoms with Gasteiger partial charge in [0, 0.05) is 19.7 Å². The predicted octanol–water partition coefficient (Wildman–Crippen LogP) is 4.12. The number of nitrogens with zero attached hydrogens (tertiary/aromatic N) is 1. The third kappa shape index (κ3) is 7.58. The van der Waals surface area contributed by atoms with Gasteiger partial charge in [-0.15, -0.1) is 0 Å². The molecular formula is C18H32FNO. The van der Waals surface area contributed by atoms with Crippen LogP contribution in [0.25, 0.3) is 0 Å². The van der Waals surface area contributed by atoms with Crippen molar-refractivity contribution in [3.63, 3.8) is 0 Å². The third-order valence-corrected chi connectivity index (χ3v) is 3.87. The van der Waals surface area contributed by atoms with Gasteiger partial charge in [-0.3, -0.25) is 0 Å². The molecule has 1 saturated heterocycles. The van der Waals surface area contributed by atoms with E-state index in [2.05, 4.69) is 32.6 Å². The molecule has 0 amide bonds. The number of benzene rings is 1. The van der Waals surface area contributed by atoms with E-state index in [4.69, 9.17) is 5.11 Å². The normalized spacial score (nSPS) is 21.1. The van der Waals surface area contributed by atoms with Gasteiger partial charge in [-0.05, 0) is 49.9 Å². The topological polar surface area (TPSA) is 23.5 Å². The van der Waals surface area contributed by atoms with Crippen LogP contribution in [0.4, 0.5) is 4.39 Å². The molecule has 2 nitrogen and oxygen atoms in total. The molecular weight excluding hydrogens is 265 g/mol. The second-order valence-corrected chi connectivity index (χ2v) is 5.63. The van der Waals surface area contributed by atoms with Gasteiger partial charge in [-0.25, -0.2) is 4.39 Å². The highest BCUT2D eigenvalue weighted by atomic mass is 19.1. The highest BCUT2D eigenvalue weighted by molar-refractivity contribution is 5.16. The van der Waals surface area contributed by atoms with Crippen LogP contribution in [0.3, 0.4) is 0 Å². The number of aliphatic hydroxyl groups excluding tert-OH is 1. The van der Waals surface area contributed by atoms with Gasteiger partial charge in [0.1, 0.15) is 5.82 Å².